The number of nitrogens with zero attached hydrogens (tertiary/aromatic N) is 5. The van der Waals surface area contributed by atoms with Crippen LogP contribution in [0.15, 0.2) is 46.9 Å². The maximum Gasteiger partial charge on any atom is 0.242 e. The van der Waals surface area contributed by atoms with E-state index in [-0.39, 0.29) is 11.9 Å². The van der Waals surface area contributed by atoms with Crippen molar-refractivity contribution in [1.82, 2.24) is 24.9 Å². The lowest BCUT2D eigenvalue weighted by Crippen LogP contribution is -2.30. The number of hydrogen-bond acceptors (Lipinski definition) is 6. The number of hydrogen-bond donors (Lipinski definition) is 2. The lowest BCUT2D eigenvalue weighted by atomic mass is 10.1. The van der Waals surface area contributed by atoms with Crippen molar-refractivity contribution in [2.75, 3.05) is 11.9 Å². The highest BCUT2D eigenvalue weighted by Crippen LogP contribution is 2.29. The number of halogens is 1. The van der Waals surface area contributed by atoms with E-state index < -0.39 is 0 Å². The van der Waals surface area contributed by atoms with Crippen LogP contribution in [0.2, 0.25) is 0 Å². The Morgan fingerprint density at radius 3 is 2.76 bits per heavy atom. The highest BCUT2D eigenvalue weighted by molar-refractivity contribution is 9.10. The zero-order valence-corrected chi connectivity index (χ0v) is 16.6. The van der Waals surface area contributed by atoms with E-state index in [1.807, 2.05) is 30.3 Å². The van der Waals surface area contributed by atoms with Gasteiger partial charge in [0.25, 0.3) is 0 Å². The summed E-state index contributed by atoms with van der Waals surface area (Å²) in [7, 11) is 0. The fraction of sp³-hybridized carbons (Fsp3) is 0.150. The van der Waals surface area contributed by atoms with Gasteiger partial charge in [-0.15, -0.1) is 5.10 Å². The molecule has 0 spiro atoms. The Morgan fingerprint density at radius 2 is 2.03 bits per heavy atom. The van der Waals surface area contributed by atoms with Crippen LogP contribution in [0, 0.1) is 11.3 Å². The lowest BCUT2D eigenvalue weighted by Gasteiger charge is -2.13. The van der Waals surface area contributed by atoms with E-state index in [9.17, 15) is 4.79 Å². The molecule has 1 fully saturated rings. The fourth-order valence-corrected chi connectivity index (χ4v) is 3.85. The molecule has 1 atom stereocenters. The van der Waals surface area contributed by atoms with Crippen molar-refractivity contribution in [3.8, 4) is 17.5 Å². The van der Waals surface area contributed by atoms with E-state index in [2.05, 4.69) is 37.7 Å². The summed E-state index contributed by atoms with van der Waals surface area (Å²) >= 11 is 3.55. The van der Waals surface area contributed by atoms with E-state index in [0.717, 1.165) is 20.9 Å². The Balaban J connectivity index is 1.71. The predicted octanol–water partition coefficient (Wildman–Crippen LogP) is 2.88. The predicted molar refractivity (Wildman–Crippen MR) is 111 cm³/mol. The smallest absolute Gasteiger partial charge is 0.242 e. The zero-order chi connectivity index (χ0) is 20.0. The average Bonchev–Trinajstić information content (AvgIpc) is 3.36. The Kier molecular flexibility index (Phi) is 4.14. The quantitative estimate of drug-likeness (QED) is 0.499. The molecule has 9 heteroatoms. The summed E-state index contributed by atoms with van der Waals surface area (Å²) < 4.78 is 2.47. The van der Waals surface area contributed by atoms with Crippen LogP contribution < -0.4 is 10.6 Å². The topological polar surface area (TPSA) is 108 Å². The van der Waals surface area contributed by atoms with Crippen molar-refractivity contribution >= 4 is 44.3 Å². The summed E-state index contributed by atoms with van der Waals surface area (Å²) in [6, 6.07) is 14.6. The van der Waals surface area contributed by atoms with E-state index in [1.165, 1.54) is 0 Å². The molecule has 142 valence electrons. The second-order valence-electron chi connectivity index (χ2n) is 6.71. The number of aromatic nitrogens is 4. The number of anilines is 1. The Hall–Kier alpha value is -3.51. The van der Waals surface area contributed by atoms with Crippen LogP contribution in [0.5, 0.6) is 0 Å². The van der Waals surface area contributed by atoms with Gasteiger partial charge in [-0.3, -0.25) is 4.79 Å². The molecule has 0 bridgehead atoms. The lowest BCUT2D eigenvalue weighted by molar-refractivity contribution is -0.119. The Labute approximate surface area is 173 Å². The molecule has 2 aromatic heterocycles. The van der Waals surface area contributed by atoms with Crippen molar-refractivity contribution < 1.29 is 4.79 Å². The van der Waals surface area contributed by atoms with Gasteiger partial charge in [0.2, 0.25) is 11.9 Å². The minimum atomic E-state index is -0.367. The molecule has 0 unspecified atom stereocenters. The second-order valence-corrected chi connectivity index (χ2v) is 7.56. The third kappa shape index (κ3) is 2.98. The highest BCUT2D eigenvalue weighted by Gasteiger charge is 2.26. The highest BCUT2D eigenvalue weighted by atomic mass is 79.9. The van der Waals surface area contributed by atoms with Gasteiger partial charge in [-0.05, 0) is 58.7 Å². The molecule has 3 heterocycles. The van der Waals surface area contributed by atoms with Gasteiger partial charge >= 0.3 is 0 Å². The first-order valence-corrected chi connectivity index (χ1v) is 9.83. The number of benzene rings is 2. The summed E-state index contributed by atoms with van der Waals surface area (Å²) in [6.45, 7) is 0.630. The average molecular weight is 448 g/mol. The minimum absolute atomic E-state index is 0.0559. The van der Waals surface area contributed by atoms with Crippen LogP contribution in [0.4, 0.5) is 5.95 Å². The van der Waals surface area contributed by atoms with Gasteiger partial charge in [-0.2, -0.15) is 9.78 Å². The molecular weight excluding hydrogens is 434 g/mol. The van der Waals surface area contributed by atoms with Gasteiger partial charge in [-0.25, -0.2) is 9.97 Å². The van der Waals surface area contributed by atoms with E-state index >= 15 is 0 Å². The molecule has 1 aliphatic heterocycles. The first kappa shape index (κ1) is 17.6. The van der Waals surface area contributed by atoms with Crippen LogP contribution in [0.25, 0.3) is 27.9 Å². The van der Waals surface area contributed by atoms with Gasteiger partial charge in [0, 0.05) is 22.0 Å². The summed E-state index contributed by atoms with van der Waals surface area (Å²) in [5.41, 5.74) is 2.74. The summed E-state index contributed by atoms with van der Waals surface area (Å²) in [5.74, 6) is 0.913. The van der Waals surface area contributed by atoms with Crippen LogP contribution in [-0.2, 0) is 4.79 Å². The number of fused-ring (bicyclic) bond motifs is 3. The standard InChI is InChI=1S/C20H14BrN7O/c21-14-3-1-2-13-16(14)25-20(24-15-8-9-23-19(15)29)28-18(13)26-17(27-28)12-6-4-11(10-22)5-7-12/h1-7,15H,8-9H2,(H,23,29)(H,24,25)/t15-/m1/s1. The first-order chi connectivity index (χ1) is 14.1. The SMILES string of the molecule is N#Cc1ccc(-c2nc3c4cccc(Br)c4nc(N[C@@H]4CCNC4=O)n3n2)cc1. The van der Waals surface area contributed by atoms with E-state index in [4.69, 9.17) is 15.2 Å². The van der Waals surface area contributed by atoms with Gasteiger partial charge in [0.05, 0.1) is 17.1 Å². The molecule has 2 aromatic carbocycles. The van der Waals surface area contributed by atoms with Crippen LogP contribution >= 0.6 is 15.9 Å². The first-order valence-electron chi connectivity index (χ1n) is 9.04. The van der Waals surface area contributed by atoms with Crippen molar-refractivity contribution in [2.45, 2.75) is 12.5 Å². The molecule has 1 saturated heterocycles. The van der Waals surface area contributed by atoms with E-state index in [1.54, 1.807) is 16.6 Å². The Bertz CT molecular complexity index is 1310. The normalized spacial score (nSPS) is 16.1. The third-order valence-electron chi connectivity index (χ3n) is 4.88. The van der Waals surface area contributed by atoms with Crippen molar-refractivity contribution in [3.63, 3.8) is 0 Å². The van der Waals surface area contributed by atoms with Gasteiger partial charge < -0.3 is 10.6 Å². The number of carbonyl (C=O) groups is 1. The summed E-state index contributed by atoms with van der Waals surface area (Å²) in [5, 5.41) is 20.5. The molecule has 29 heavy (non-hydrogen) atoms. The largest absolute Gasteiger partial charge is 0.354 e. The summed E-state index contributed by atoms with van der Waals surface area (Å²) in [6.07, 6.45) is 0.674. The maximum atomic E-state index is 12.1. The second kappa shape index (κ2) is 6.83. The molecule has 0 saturated carbocycles. The molecule has 1 amide bonds. The van der Waals surface area contributed by atoms with Crippen molar-refractivity contribution in [2.24, 2.45) is 0 Å². The molecule has 0 aliphatic carbocycles. The molecule has 4 aromatic rings. The maximum absolute atomic E-state index is 12.1. The minimum Gasteiger partial charge on any atom is -0.354 e. The monoisotopic (exact) mass is 447 g/mol. The number of nitrogens with one attached hydrogen (secondary N) is 2. The molecule has 5 rings (SSSR count). The molecule has 0 radical (unpaired) electrons. The van der Waals surface area contributed by atoms with Crippen molar-refractivity contribution in [1.29, 1.82) is 5.26 Å². The van der Waals surface area contributed by atoms with E-state index in [0.29, 0.717) is 35.9 Å². The molecular formula is C20H14BrN7O. The number of nitriles is 1. The molecule has 2 N–H and O–H groups in total. The zero-order valence-electron chi connectivity index (χ0n) is 15.1. The van der Waals surface area contributed by atoms with Crippen LogP contribution in [-0.4, -0.2) is 38.1 Å². The number of para-hydroxylation sites is 1. The number of rotatable bonds is 3. The van der Waals surface area contributed by atoms with Gasteiger partial charge in [0.15, 0.2) is 11.5 Å². The number of carbonyl (C=O) groups excluding carboxylic acids is 1. The molecule has 8 nitrogen and oxygen atoms in total. The fourth-order valence-electron chi connectivity index (χ4n) is 3.39. The summed E-state index contributed by atoms with van der Waals surface area (Å²) in [4.78, 5) is 21.5. The van der Waals surface area contributed by atoms with Crippen molar-refractivity contribution in [3.05, 3.63) is 52.5 Å². The number of amides is 1. The van der Waals surface area contributed by atoms with Gasteiger partial charge in [0.1, 0.15) is 6.04 Å². The van der Waals surface area contributed by atoms with Crippen LogP contribution in [0.3, 0.4) is 0 Å². The van der Waals surface area contributed by atoms with Crippen LogP contribution in [0.1, 0.15) is 12.0 Å². The third-order valence-corrected chi connectivity index (χ3v) is 5.52. The van der Waals surface area contributed by atoms with Gasteiger partial charge in [-0.1, -0.05) is 6.07 Å². The Morgan fingerprint density at radius 1 is 1.21 bits per heavy atom. The molecule has 1 aliphatic rings.